The topological polar surface area (TPSA) is 44.8 Å². The van der Waals surface area contributed by atoms with Crippen LogP contribution in [0.3, 0.4) is 0 Å². The summed E-state index contributed by atoms with van der Waals surface area (Å²) >= 11 is 3.43. The Morgan fingerprint density at radius 2 is 1.94 bits per heavy atom. The van der Waals surface area contributed by atoms with E-state index in [1.807, 2.05) is 12.1 Å². The third-order valence-corrected chi connectivity index (χ3v) is 3.37. The zero-order valence-electron chi connectivity index (χ0n) is 9.66. The first kappa shape index (κ1) is 12.2. The van der Waals surface area contributed by atoms with Crippen LogP contribution < -0.4 is 9.47 Å². The van der Waals surface area contributed by atoms with Gasteiger partial charge in [-0.3, -0.25) is 4.79 Å². The van der Waals surface area contributed by atoms with E-state index in [2.05, 4.69) is 15.9 Å². The average Bonchev–Trinajstić information content (AvgIpc) is 2.36. The molecule has 1 unspecified atom stereocenters. The molecule has 92 valence electrons. The van der Waals surface area contributed by atoms with Gasteiger partial charge in [0.25, 0.3) is 0 Å². The number of carbonyl (C=O) groups excluding carboxylic acids is 1. The number of rotatable bonds is 2. The first-order chi connectivity index (χ1) is 8.13. The van der Waals surface area contributed by atoms with Crippen molar-refractivity contribution >= 4 is 21.9 Å². The lowest BCUT2D eigenvalue weighted by molar-refractivity contribution is -0.142. The second-order valence-electron chi connectivity index (χ2n) is 3.76. The molecule has 0 saturated carbocycles. The van der Waals surface area contributed by atoms with Crippen LogP contribution in [0.4, 0.5) is 0 Å². The number of halogens is 1. The summed E-state index contributed by atoms with van der Waals surface area (Å²) in [6, 6.07) is 3.64. The van der Waals surface area contributed by atoms with E-state index in [4.69, 9.17) is 14.2 Å². The molecule has 0 saturated heterocycles. The van der Waals surface area contributed by atoms with Crippen LogP contribution in [0.2, 0.25) is 0 Å². The number of methoxy groups -OCH3 is 1. The van der Waals surface area contributed by atoms with Gasteiger partial charge >= 0.3 is 5.97 Å². The van der Waals surface area contributed by atoms with Crippen LogP contribution >= 0.6 is 15.9 Å². The van der Waals surface area contributed by atoms with E-state index < -0.39 is 0 Å². The number of hydrogen-bond donors (Lipinski definition) is 0. The first-order valence-electron chi connectivity index (χ1n) is 5.30. The summed E-state index contributed by atoms with van der Waals surface area (Å²) in [5, 5.41) is 0. The molecular weight excluding hydrogens is 288 g/mol. The molecule has 1 aromatic carbocycles. The van der Waals surface area contributed by atoms with E-state index in [9.17, 15) is 4.79 Å². The highest BCUT2D eigenvalue weighted by Gasteiger charge is 2.22. The van der Waals surface area contributed by atoms with Gasteiger partial charge in [-0.2, -0.15) is 0 Å². The highest BCUT2D eigenvalue weighted by Crippen LogP contribution is 2.38. The number of fused-ring (bicyclic) bond motifs is 1. The molecule has 0 N–H and O–H groups in total. The fourth-order valence-corrected chi connectivity index (χ4v) is 2.38. The Kier molecular flexibility index (Phi) is 3.57. The van der Waals surface area contributed by atoms with Crippen molar-refractivity contribution in [3.8, 4) is 11.5 Å². The third-order valence-electron chi connectivity index (χ3n) is 2.68. The lowest BCUT2D eigenvalue weighted by Gasteiger charge is -2.21. The Morgan fingerprint density at radius 1 is 1.35 bits per heavy atom. The molecule has 1 aliphatic rings. The van der Waals surface area contributed by atoms with Crippen molar-refractivity contribution in [1.82, 2.24) is 0 Å². The molecule has 0 fully saturated rings. The predicted octanol–water partition coefficient (Wildman–Crippen LogP) is 2.50. The molecule has 17 heavy (non-hydrogen) atoms. The summed E-state index contributed by atoms with van der Waals surface area (Å²) in [5.74, 6) is 0.752. The molecule has 0 bridgehead atoms. The zero-order chi connectivity index (χ0) is 12.4. The zero-order valence-corrected chi connectivity index (χ0v) is 11.2. The van der Waals surface area contributed by atoms with Crippen molar-refractivity contribution in [3.63, 3.8) is 0 Å². The fourth-order valence-electron chi connectivity index (χ4n) is 1.72. The molecule has 1 aliphatic heterocycles. The molecule has 0 amide bonds. The normalized spacial score (nSPS) is 15.2. The summed E-state index contributed by atoms with van der Waals surface area (Å²) < 4.78 is 16.5. The molecule has 0 radical (unpaired) electrons. The fraction of sp³-hybridized carbons (Fsp3) is 0.417. The summed E-state index contributed by atoms with van der Waals surface area (Å²) in [4.78, 5) is 11.5. The van der Waals surface area contributed by atoms with E-state index in [0.29, 0.717) is 24.7 Å². The molecule has 1 aromatic rings. The first-order valence-corrected chi connectivity index (χ1v) is 6.09. The van der Waals surface area contributed by atoms with Gasteiger partial charge in [-0.1, -0.05) is 15.9 Å². The quantitative estimate of drug-likeness (QED) is 0.787. The Hall–Kier alpha value is -1.23. The van der Waals surface area contributed by atoms with Gasteiger partial charge in [0, 0.05) is 4.47 Å². The Labute approximate surface area is 108 Å². The molecule has 1 atom stereocenters. The van der Waals surface area contributed by atoms with Gasteiger partial charge in [-0.05, 0) is 24.6 Å². The standard InChI is InChI=1S/C12H13BrO4/c1-7(12(14)15-2)8-5-10-11(6-9(8)13)17-4-3-16-10/h5-7H,3-4H2,1-2H3. The number of hydrogen-bond acceptors (Lipinski definition) is 4. The minimum atomic E-state index is -0.342. The van der Waals surface area contributed by atoms with Crippen molar-refractivity contribution in [2.45, 2.75) is 12.8 Å². The van der Waals surface area contributed by atoms with Crippen LogP contribution in [0, 0.1) is 0 Å². The van der Waals surface area contributed by atoms with Crippen LogP contribution in [0.1, 0.15) is 18.4 Å². The van der Waals surface area contributed by atoms with Gasteiger partial charge in [0.05, 0.1) is 13.0 Å². The summed E-state index contributed by atoms with van der Waals surface area (Å²) in [7, 11) is 1.38. The lowest BCUT2D eigenvalue weighted by atomic mass is 10.0. The molecular formula is C12H13BrO4. The predicted molar refractivity (Wildman–Crippen MR) is 65.6 cm³/mol. The SMILES string of the molecule is COC(=O)C(C)c1cc2c(cc1Br)OCCO2. The van der Waals surface area contributed by atoms with E-state index in [1.54, 1.807) is 6.92 Å². The van der Waals surface area contributed by atoms with Crippen LogP contribution in [-0.4, -0.2) is 26.3 Å². The Morgan fingerprint density at radius 3 is 2.53 bits per heavy atom. The largest absolute Gasteiger partial charge is 0.486 e. The molecule has 4 nitrogen and oxygen atoms in total. The van der Waals surface area contributed by atoms with Gasteiger partial charge in [-0.25, -0.2) is 0 Å². The molecule has 0 aromatic heterocycles. The summed E-state index contributed by atoms with van der Waals surface area (Å²) in [6.07, 6.45) is 0. The van der Waals surface area contributed by atoms with Gasteiger partial charge in [-0.15, -0.1) is 0 Å². The van der Waals surface area contributed by atoms with E-state index in [0.717, 1.165) is 10.0 Å². The molecule has 1 heterocycles. The highest BCUT2D eigenvalue weighted by molar-refractivity contribution is 9.10. The van der Waals surface area contributed by atoms with Crippen molar-refractivity contribution in [2.24, 2.45) is 0 Å². The monoisotopic (exact) mass is 300 g/mol. The lowest BCUT2D eigenvalue weighted by Crippen LogP contribution is -2.17. The van der Waals surface area contributed by atoms with Gasteiger partial charge < -0.3 is 14.2 Å². The van der Waals surface area contributed by atoms with Crippen LogP contribution in [-0.2, 0) is 9.53 Å². The maximum Gasteiger partial charge on any atom is 0.312 e. The van der Waals surface area contributed by atoms with Crippen LogP contribution in [0.15, 0.2) is 16.6 Å². The number of benzene rings is 1. The van der Waals surface area contributed by atoms with Gasteiger partial charge in [0.1, 0.15) is 13.2 Å². The van der Waals surface area contributed by atoms with Crippen molar-refractivity contribution in [1.29, 1.82) is 0 Å². The van der Waals surface area contributed by atoms with Gasteiger partial charge in [0.15, 0.2) is 11.5 Å². The number of carbonyl (C=O) groups is 1. The van der Waals surface area contributed by atoms with Gasteiger partial charge in [0.2, 0.25) is 0 Å². The molecule has 0 spiro atoms. The van der Waals surface area contributed by atoms with E-state index in [1.165, 1.54) is 7.11 Å². The van der Waals surface area contributed by atoms with Crippen LogP contribution in [0.5, 0.6) is 11.5 Å². The minimum Gasteiger partial charge on any atom is -0.486 e. The molecule has 0 aliphatic carbocycles. The smallest absolute Gasteiger partial charge is 0.312 e. The number of esters is 1. The average molecular weight is 301 g/mol. The van der Waals surface area contributed by atoms with E-state index in [-0.39, 0.29) is 11.9 Å². The van der Waals surface area contributed by atoms with Crippen LogP contribution in [0.25, 0.3) is 0 Å². The molecule has 5 heteroatoms. The van der Waals surface area contributed by atoms with Crippen molar-refractivity contribution in [2.75, 3.05) is 20.3 Å². The summed E-state index contributed by atoms with van der Waals surface area (Å²) in [6.45, 7) is 2.87. The highest BCUT2D eigenvalue weighted by atomic mass is 79.9. The second-order valence-corrected chi connectivity index (χ2v) is 4.62. The Bertz CT molecular complexity index is 444. The minimum absolute atomic E-state index is 0.276. The molecule has 2 rings (SSSR count). The van der Waals surface area contributed by atoms with Crippen molar-refractivity contribution in [3.05, 3.63) is 22.2 Å². The number of ether oxygens (including phenoxy) is 3. The summed E-state index contributed by atoms with van der Waals surface area (Å²) in [5.41, 5.74) is 0.834. The second kappa shape index (κ2) is 4.96. The van der Waals surface area contributed by atoms with E-state index >= 15 is 0 Å². The Balaban J connectivity index is 2.37. The van der Waals surface area contributed by atoms with Crippen molar-refractivity contribution < 1.29 is 19.0 Å². The maximum atomic E-state index is 11.5. The third kappa shape index (κ3) is 2.39. The maximum absolute atomic E-state index is 11.5.